The highest BCUT2D eigenvalue weighted by atomic mass is 16.5. The summed E-state index contributed by atoms with van der Waals surface area (Å²) in [5.41, 5.74) is 5.40. The van der Waals surface area contributed by atoms with Crippen LogP contribution in [0.4, 0.5) is 0 Å². The number of hydrogen-bond donors (Lipinski definition) is 1. The number of rotatable bonds is 8. The Morgan fingerprint density at radius 2 is 2.07 bits per heavy atom. The highest BCUT2D eigenvalue weighted by Crippen LogP contribution is 1.95. The van der Waals surface area contributed by atoms with Gasteiger partial charge in [-0.15, -0.1) is 0 Å². The lowest BCUT2D eigenvalue weighted by Crippen LogP contribution is -2.36. The van der Waals surface area contributed by atoms with Gasteiger partial charge in [-0.1, -0.05) is 6.92 Å². The molecule has 4 nitrogen and oxygen atoms in total. The third kappa shape index (κ3) is 5.94. The molecule has 1 amide bonds. The quantitative estimate of drug-likeness (QED) is 0.627. The maximum absolute atomic E-state index is 11.6. The number of nitrogens with two attached hydrogens (primary N) is 1. The van der Waals surface area contributed by atoms with Crippen molar-refractivity contribution in [1.82, 2.24) is 4.90 Å². The smallest absolute Gasteiger partial charge is 0.248 e. The third-order valence-corrected chi connectivity index (χ3v) is 1.91. The second-order valence-corrected chi connectivity index (χ2v) is 3.16. The Bertz CT molecular complexity index is 151. The van der Waals surface area contributed by atoms with E-state index in [1.165, 1.54) is 0 Å². The van der Waals surface area contributed by atoms with Gasteiger partial charge in [0.05, 0.1) is 0 Å². The fourth-order valence-corrected chi connectivity index (χ4v) is 1.19. The zero-order valence-corrected chi connectivity index (χ0v) is 9.29. The second kappa shape index (κ2) is 8.97. The van der Waals surface area contributed by atoms with E-state index in [0.717, 1.165) is 25.9 Å². The molecule has 84 valence electrons. The van der Waals surface area contributed by atoms with Crippen LogP contribution in [0.5, 0.6) is 0 Å². The minimum Gasteiger partial charge on any atom is -0.372 e. The molecule has 0 saturated heterocycles. The van der Waals surface area contributed by atoms with Crippen LogP contribution in [-0.4, -0.2) is 43.7 Å². The number of nitrogens with zero attached hydrogens (tertiary/aromatic N) is 1. The topological polar surface area (TPSA) is 55.6 Å². The number of carbonyl (C=O) groups is 1. The minimum atomic E-state index is 0.0714. The van der Waals surface area contributed by atoms with E-state index >= 15 is 0 Å². The Balaban J connectivity index is 3.84. The van der Waals surface area contributed by atoms with Crippen molar-refractivity contribution >= 4 is 5.91 Å². The molecule has 0 aromatic rings. The lowest BCUT2D eigenvalue weighted by Gasteiger charge is -2.21. The average molecular weight is 202 g/mol. The Labute approximate surface area is 86.4 Å². The molecule has 14 heavy (non-hydrogen) atoms. The van der Waals surface area contributed by atoms with Crippen molar-refractivity contribution in [2.75, 3.05) is 32.8 Å². The van der Waals surface area contributed by atoms with Gasteiger partial charge in [-0.05, 0) is 26.3 Å². The van der Waals surface area contributed by atoms with Gasteiger partial charge in [0.25, 0.3) is 0 Å². The molecular weight excluding hydrogens is 180 g/mol. The molecule has 0 aromatic carbocycles. The molecule has 0 rings (SSSR count). The van der Waals surface area contributed by atoms with Gasteiger partial charge in [-0.3, -0.25) is 4.79 Å². The van der Waals surface area contributed by atoms with Crippen LogP contribution in [0.15, 0.2) is 0 Å². The van der Waals surface area contributed by atoms with Crippen molar-refractivity contribution in [2.45, 2.75) is 26.7 Å². The normalized spacial score (nSPS) is 10.2. The van der Waals surface area contributed by atoms with Crippen LogP contribution in [-0.2, 0) is 9.53 Å². The summed E-state index contributed by atoms with van der Waals surface area (Å²) in [5.74, 6) is 0.0714. The van der Waals surface area contributed by atoms with Crippen LogP contribution in [0, 0.1) is 0 Å². The van der Waals surface area contributed by atoms with Gasteiger partial charge in [-0.2, -0.15) is 0 Å². The number of carbonyl (C=O) groups excluding carboxylic acids is 1. The van der Waals surface area contributed by atoms with Gasteiger partial charge in [0.1, 0.15) is 6.61 Å². The number of ether oxygens (including phenoxy) is 1. The second-order valence-electron chi connectivity index (χ2n) is 3.16. The molecule has 0 bridgehead atoms. The molecule has 0 saturated carbocycles. The summed E-state index contributed by atoms with van der Waals surface area (Å²) in [6, 6.07) is 0. The van der Waals surface area contributed by atoms with Gasteiger partial charge in [0.2, 0.25) is 5.91 Å². The molecular formula is C10H22N2O2. The lowest BCUT2D eigenvalue weighted by atomic mass is 10.3. The van der Waals surface area contributed by atoms with E-state index in [4.69, 9.17) is 10.5 Å². The Morgan fingerprint density at radius 3 is 2.57 bits per heavy atom. The first-order valence-electron chi connectivity index (χ1n) is 5.31. The zero-order chi connectivity index (χ0) is 10.8. The zero-order valence-electron chi connectivity index (χ0n) is 9.29. The maximum Gasteiger partial charge on any atom is 0.248 e. The molecule has 0 unspecified atom stereocenters. The fourth-order valence-electron chi connectivity index (χ4n) is 1.19. The van der Waals surface area contributed by atoms with Gasteiger partial charge in [0.15, 0.2) is 0 Å². The van der Waals surface area contributed by atoms with Crippen LogP contribution in [0.1, 0.15) is 26.7 Å². The largest absolute Gasteiger partial charge is 0.372 e. The summed E-state index contributed by atoms with van der Waals surface area (Å²) in [6.45, 7) is 6.90. The van der Waals surface area contributed by atoms with E-state index in [1.54, 1.807) is 0 Å². The molecule has 0 heterocycles. The van der Waals surface area contributed by atoms with E-state index in [1.807, 2.05) is 11.8 Å². The van der Waals surface area contributed by atoms with E-state index < -0.39 is 0 Å². The monoisotopic (exact) mass is 202 g/mol. The predicted molar refractivity (Wildman–Crippen MR) is 57.0 cm³/mol. The van der Waals surface area contributed by atoms with E-state index in [-0.39, 0.29) is 12.5 Å². The Morgan fingerprint density at radius 1 is 1.36 bits per heavy atom. The van der Waals surface area contributed by atoms with Gasteiger partial charge >= 0.3 is 0 Å². The van der Waals surface area contributed by atoms with Gasteiger partial charge in [-0.25, -0.2) is 0 Å². The first-order valence-corrected chi connectivity index (χ1v) is 5.31. The van der Waals surface area contributed by atoms with Crippen molar-refractivity contribution in [3.05, 3.63) is 0 Å². The Kier molecular flexibility index (Phi) is 8.57. The summed E-state index contributed by atoms with van der Waals surface area (Å²) in [5, 5.41) is 0. The molecule has 0 aromatic heterocycles. The standard InChI is InChI=1S/C10H22N2O2/c1-3-7-12(8-5-6-11)10(13)9-14-4-2/h3-9,11H2,1-2H3. The first-order chi connectivity index (χ1) is 6.76. The number of amides is 1. The van der Waals surface area contributed by atoms with Crippen LogP contribution in [0.25, 0.3) is 0 Å². The fraction of sp³-hybridized carbons (Fsp3) is 0.900. The van der Waals surface area contributed by atoms with Crippen molar-refractivity contribution in [3.8, 4) is 0 Å². The third-order valence-electron chi connectivity index (χ3n) is 1.91. The van der Waals surface area contributed by atoms with Gasteiger partial charge in [0, 0.05) is 19.7 Å². The molecule has 2 N–H and O–H groups in total. The van der Waals surface area contributed by atoms with Crippen molar-refractivity contribution in [3.63, 3.8) is 0 Å². The number of hydrogen-bond acceptors (Lipinski definition) is 3. The lowest BCUT2D eigenvalue weighted by molar-refractivity contribution is -0.136. The summed E-state index contributed by atoms with van der Waals surface area (Å²) in [7, 11) is 0. The molecule has 0 radical (unpaired) electrons. The highest BCUT2D eigenvalue weighted by Gasteiger charge is 2.11. The van der Waals surface area contributed by atoms with E-state index in [9.17, 15) is 4.79 Å². The molecule has 0 aliphatic carbocycles. The van der Waals surface area contributed by atoms with Crippen LogP contribution in [0.3, 0.4) is 0 Å². The molecule has 0 aliphatic heterocycles. The molecule has 0 fully saturated rings. The molecule has 0 aliphatic rings. The molecule has 0 atom stereocenters. The summed E-state index contributed by atoms with van der Waals surface area (Å²) < 4.78 is 5.08. The van der Waals surface area contributed by atoms with Crippen LogP contribution < -0.4 is 5.73 Å². The summed E-state index contributed by atoms with van der Waals surface area (Å²) >= 11 is 0. The van der Waals surface area contributed by atoms with Crippen molar-refractivity contribution in [1.29, 1.82) is 0 Å². The average Bonchev–Trinajstić information content (AvgIpc) is 2.20. The predicted octanol–water partition coefficient (Wildman–Crippen LogP) is 0.610. The summed E-state index contributed by atoms with van der Waals surface area (Å²) in [6.07, 6.45) is 1.83. The first kappa shape index (κ1) is 13.4. The molecule has 4 heteroatoms. The minimum absolute atomic E-state index is 0.0714. The molecule has 0 spiro atoms. The summed E-state index contributed by atoms with van der Waals surface area (Å²) in [4.78, 5) is 13.4. The van der Waals surface area contributed by atoms with Crippen molar-refractivity contribution in [2.24, 2.45) is 5.73 Å². The maximum atomic E-state index is 11.6. The van der Waals surface area contributed by atoms with Crippen molar-refractivity contribution < 1.29 is 9.53 Å². The Hall–Kier alpha value is -0.610. The van der Waals surface area contributed by atoms with Gasteiger partial charge < -0.3 is 15.4 Å². The highest BCUT2D eigenvalue weighted by molar-refractivity contribution is 5.77. The van der Waals surface area contributed by atoms with E-state index in [0.29, 0.717) is 13.2 Å². The van der Waals surface area contributed by atoms with Crippen LogP contribution in [0.2, 0.25) is 0 Å². The van der Waals surface area contributed by atoms with Crippen LogP contribution >= 0.6 is 0 Å². The SMILES string of the molecule is CCCN(CCCN)C(=O)COCC. The van der Waals surface area contributed by atoms with E-state index in [2.05, 4.69) is 6.92 Å².